The lowest BCUT2D eigenvalue weighted by molar-refractivity contribution is 0.114. The molecule has 0 aromatic rings. The van der Waals surface area contributed by atoms with Gasteiger partial charge in [-0.15, -0.1) is 0 Å². The molecular weight excluding hydrogens is 196 g/mol. The first kappa shape index (κ1) is 12.4. The van der Waals surface area contributed by atoms with Gasteiger partial charge in [0, 0.05) is 31.7 Å². The quantitative estimate of drug-likeness (QED) is 0.772. The fourth-order valence-electron chi connectivity index (χ4n) is 3.18. The van der Waals surface area contributed by atoms with Gasteiger partial charge in [0.15, 0.2) is 0 Å². The fraction of sp³-hybridized carbons (Fsp3) is 1.00. The number of nitrogens with zero attached hydrogens (tertiary/aromatic N) is 1. The second-order valence-corrected chi connectivity index (χ2v) is 6.30. The molecule has 2 fully saturated rings. The molecule has 1 heterocycles. The molecule has 1 aliphatic carbocycles. The van der Waals surface area contributed by atoms with Crippen LogP contribution in [0.25, 0.3) is 0 Å². The number of rotatable bonds is 5. The summed E-state index contributed by atoms with van der Waals surface area (Å²) in [6, 6.07) is 0. The van der Waals surface area contributed by atoms with Crippen molar-refractivity contribution in [2.24, 2.45) is 5.41 Å². The van der Waals surface area contributed by atoms with Crippen LogP contribution in [0.15, 0.2) is 0 Å². The van der Waals surface area contributed by atoms with Crippen molar-refractivity contribution < 1.29 is 0 Å². The SMILES string of the molecule is CCCC1(CN2CCNC(C)(CC)C2)CC1. The first-order chi connectivity index (χ1) is 7.61. The van der Waals surface area contributed by atoms with Gasteiger partial charge in [-0.1, -0.05) is 20.3 Å². The molecule has 0 aromatic heterocycles. The van der Waals surface area contributed by atoms with Gasteiger partial charge < -0.3 is 5.32 Å². The van der Waals surface area contributed by atoms with Crippen molar-refractivity contribution >= 4 is 0 Å². The third kappa shape index (κ3) is 2.78. The van der Waals surface area contributed by atoms with Gasteiger partial charge in [-0.05, 0) is 38.0 Å². The summed E-state index contributed by atoms with van der Waals surface area (Å²) in [4.78, 5) is 2.71. The van der Waals surface area contributed by atoms with Crippen LogP contribution in [0.3, 0.4) is 0 Å². The number of hydrogen-bond donors (Lipinski definition) is 1. The Labute approximate surface area is 101 Å². The minimum atomic E-state index is 0.362. The minimum Gasteiger partial charge on any atom is -0.309 e. The lowest BCUT2D eigenvalue weighted by Crippen LogP contribution is -2.59. The van der Waals surface area contributed by atoms with Gasteiger partial charge >= 0.3 is 0 Å². The largest absolute Gasteiger partial charge is 0.309 e. The van der Waals surface area contributed by atoms with Crippen molar-refractivity contribution in [3.05, 3.63) is 0 Å². The summed E-state index contributed by atoms with van der Waals surface area (Å²) in [5.41, 5.74) is 1.08. The van der Waals surface area contributed by atoms with E-state index < -0.39 is 0 Å². The highest BCUT2D eigenvalue weighted by molar-refractivity contribution is 4.98. The standard InChI is InChI=1S/C14H28N2/c1-4-6-14(7-8-14)12-16-10-9-15-13(3,5-2)11-16/h15H,4-12H2,1-3H3. The molecule has 0 radical (unpaired) electrons. The molecule has 2 heteroatoms. The van der Waals surface area contributed by atoms with Crippen molar-refractivity contribution in [1.29, 1.82) is 0 Å². The van der Waals surface area contributed by atoms with Gasteiger partial charge in [-0.25, -0.2) is 0 Å². The van der Waals surface area contributed by atoms with E-state index in [0.29, 0.717) is 5.54 Å². The Morgan fingerprint density at radius 3 is 2.56 bits per heavy atom. The van der Waals surface area contributed by atoms with E-state index in [0.717, 1.165) is 5.41 Å². The minimum absolute atomic E-state index is 0.362. The highest BCUT2D eigenvalue weighted by Crippen LogP contribution is 2.50. The monoisotopic (exact) mass is 224 g/mol. The average molecular weight is 224 g/mol. The van der Waals surface area contributed by atoms with Gasteiger partial charge in [-0.2, -0.15) is 0 Å². The molecule has 2 rings (SSSR count). The second kappa shape index (κ2) is 4.66. The predicted molar refractivity (Wildman–Crippen MR) is 69.7 cm³/mol. The van der Waals surface area contributed by atoms with Crippen LogP contribution in [0, 0.1) is 5.41 Å². The first-order valence-electron chi connectivity index (χ1n) is 7.09. The fourth-order valence-corrected chi connectivity index (χ4v) is 3.18. The van der Waals surface area contributed by atoms with Gasteiger partial charge in [0.1, 0.15) is 0 Å². The molecule has 1 aliphatic heterocycles. The van der Waals surface area contributed by atoms with E-state index in [1.807, 2.05) is 0 Å². The normalized spacial score (nSPS) is 33.9. The third-order valence-corrected chi connectivity index (χ3v) is 4.63. The van der Waals surface area contributed by atoms with Crippen molar-refractivity contribution in [2.45, 2.75) is 58.4 Å². The van der Waals surface area contributed by atoms with Crippen LogP contribution >= 0.6 is 0 Å². The Morgan fingerprint density at radius 1 is 1.25 bits per heavy atom. The van der Waals surface area contributed by atoms with E-state index in [2.05, 4.69) is 31.0 Å². The molecule has 2 aliphatic rings. The maximum absolute atomic E-state index is 3.67. The van der Waals surface area contributed by atoms with Crippen LogP contribution < -0.4 is 5.32 Å². The molecule has 0 amide bonds. The predicted octanol–water partition coefficient (Wildman–Crippen LogP) is 2.64. The summed E-state index contributed by atoms with van der Waals surface area (Å²) < 4.78 is 0. The molecule has 1 N–H and O–H groups in total. The summed E-state index contributed by atoms with van der Waals surface area (Å²) in [6.07, 6.45) is 7.00. The summed E-state index contributed by atoms with van der Waals surface area (Å²) in [5.74, 6) is 0. The molecular formula is C14H28N2. The van der Waals surface area contributed by atoms with E-state index in [4.69, 9.17) is 0 Å². The van der Waals surface area contributed by atoms with Crippen molar-refractivity contribution in [1.82, 2.24) is 10.2 Å². The lowest BCUT2D eigenvalue weighted by Gasteiger charge is -2.42. The topological polar surface area (TPSA) is 15.3 Å². The van der Waals surface area contributed by atoms with E-state index in [-0.39, 0.29) is 0 Å². The van der Waals surface area contributed by atoms with Gasteiger partial charge in [0.2, 0.25) is 0 Å². The van der Waals surface area contributed by atoms with Crippen LogP contribution in [0.2, 0.25) is 0 Å². The Morgan fingerprint density at radius 2 is 2.00 bits per heavy atom. The van der Waals surface area contributed by atoms with Crippen LogP contribution in [-0.2, 0) is 0 Å². The Kier molecular flexibility index (Phi) is 3.60. The number of nitrogens with one attached hydrogen (secondary N) is 1. The molecule has 0 bridgehead atoms. The number of hydrogen-bond acceptors (Lipinski definition) is 2. The third-order valence-electron chi connectivity index (χ3n) is 4.63. The summed E-state index contributed by atoms with van der Waals surface area (Å²) in [6.45, 7) is 12.0. The molecule has 1 unspecified atom stereocenters. The smallest absolute Gasteiger partial charge is 0.0278 e. The van der Waals surface area contributed by atoms with E-state index in [9.17, 15) is 0 Å². The molecule has 1 saturated heterocycles. The van der Waals surface area contributed by atoms with Gasteiger partial charge in [0.05, 0.1) is 0 Å². The van der Waals surface area contributed by atoms with E-state index in [1.54, 1.807) is 0 Å². The number of piperazine rings is 1. The zero-order valence-electron chi connectivity index (χ0n) is 11.3. The van der Waals surface area contributed by atoms with Crippen molar-refractivity contribution in [3.8, 4) is 0 Å². The summed E-state index contributed by atoms with van der Waals surface area (Å²) in [7, 11) is 0. The zero-order valence-corrected chi connectivity index (χ0v) is 11.3. The zero-order chi connectivity index (χ0) is 11.6. The van der Waals surface area contributed by atoms with E-state index >= 15 is 0 Å². The molecule has 0 aromatic carbocycles. The maximum Gasteiger partial charge on any atom is 0.0278 e. The van der Waals surface area contributed by atoms with Gasteiger partial charge in [0.25, 0.3) is 0 Å². The molecule has 0 spiro atoms. The highest BCUT2D eigenvalue weighted by atomic mass is 15.2. The second-order valence-electron chi connectivity index (χ2n) is 6.30. The maximum atomic E-state index is 3.67. The Bertz CT molecular complexity index is 235. The van der Waals surface area contributed by atoms with Crippen molar-refractivity contribution in [3.63, 3.8) is 0 Å². The molecule has 94 valence electrons. The molecule has 16 heavy (non-hydrogen) atoms. The Balaban J connectivity index is 1.86. The first-order valence-corrected chi connectivity index (χ1v) is 7.09. The van der Waals surface area contributed by atoms with Crippen LogP contribution in [-0.4, -0.2) is 36.6 Å². The van der Waals surface area contributed by atoms with Crippen LogP contribution in [0.4, 0.5) is 0 Å². The summed E-state index contributed by atoms with van der Waals surface area (Å²) >= 11 is 0. The molecule has 1 saturated carbocycles. The van der Waals surface area contributed by atoms with Crippen molar-refractivity contribution in [2.75, 3.05) is 26.2 Å². The Hall–Kier alpha value is -0.0800. The lowest BCUT2D eigenvalue weighted by atomic mass is 9.93. The van der Waals surface area contributed by atoms with Crippen LogP contribution in [0.5, 0.6) is 0 Å². The van der Waals surface area contributed by atoms with E-state index in [1.165, 1.54) is 58.3 Å². The summed E-state index contributed by atoms with van der Waals surface area (Å²) in [5, 5.41) is 3.67. The molecule has 2 nitrogen and oxygen atoms in total. The molecule has 1 atom stereocenters. The van der Waals surface area contributed by atoms with Crippen LogP contribution in [0.1, 0.15) is 52.9 Å². The average Bonchev–Trinajstić information content (AvgIpc) is 2.99. The highest BCUT2D eigenvalue weighted by Gasteiger charge is 2.43. The van der Waals surface area contributed by atoms with Gasteiger partial charge in [-0.3, -0.25) is 4.90 Å².